The van der Waals surface area contributed by atoms with Crippen molar-refractivity contribution in [2.45, 2.75) is 51.7 Å². The summed E-state index contributed by atoms with van der Waals surface area (Å²) in [4.78, 5) is 21.9. The minimum atomic E-state index is -1.04. The molecule has 0 aliphatic carbocycles. The molecule has 2 aliphatic rings. The summed E-state index contributed by atoms with van der Waals surface area (Å²) in [6.45, 7) is 4.74. The number of amides is 1. The van der Waals surface area contributed by atoms with Crippen LogP contribution in [0.3, 0.4) is 0 Å². The largest absolute Gasteiger partial charge is 0.390 e. The number of aromatic nitrogens is 3. The number of rotatable bonds is 3. The molecule has 36 heavy (non-hydrogen) atoms. The Labute approximate surface area is 207 Å². The van der Waals surface area contributed by atoms with Gasteiger partial charge >= 0.3 is 0 Å². The fourth-order valence-corrected chi connectivity index (χ4v) is 5.28. The van der Waals surface area contributed by atoms with Crippen LogP contribution in [0, 0.1) is 42.7 Å². The van der Waals surface area contributed by atoms with Crippen molar-refractivity contribution in [2.24, 2.45) is 5.92 Å². The molecule has 1 aromatic carbocycles. The first kappa shape index (κ1) is 24.1. The molecule has 1 N–H and O–H groups in total. The molecule has 3 aromatic rings. The highest BCUT2D eigenvalue weighted by atomic mass is 19.2. The summed E-state index contributed by atoms with van der Waals surface area (Å²) in [6, 6.07) is 5.71. The van der Waals surface area contributed by atoms with Gasteiger partial charge in [0, 0.05) is 43.0 Å². The van der Waals surface area contributed by atoms with Crippen LogP contribution >= 0.6 is 0 Å². The maximum Gasteiger partial charge on any atom is 0.254 e. The van der Waals surface area contributed by atoms with E-state index in [1.54, 1.807) is 16.3 Å². The number of aliphatic hydroxyl groups is 1. The average Bonchev–Trinajstić information content (AvgIpc) is 3.33. The third kappa shape index (κ3) is 4.28. The molecule has 0 spiro atoms. The summed E-state index contributed by atoms with van der Waals surface area (Å²) < 4.78 is 29.4. The maximum absolute atomic E-state index is 14.0. The number of hydrogen-bond donors (Lipinski definition) is 1. The average molecular weight is 495 g/mol. The van der Waals surface area contributed by atoms with E-state index in [1.165, 1.54) is 0 Å². The van der Waals surface area contributed by atoms with Gasteiger partial charge in [0.2, 0.25) is 0 Å². The van der Waals surface area contributed by atoms with Crippen LogP contribution in [0.25, 0.3) is 5.65 Å². The number of aryl methyl sites for hydroxylation is 2. The van der Waals surface area contributed by atoms with Crippen LogP contribution in [-0.2, 0) is 0 Å². The van der Waals surface area contributed by atoms with Gasteiger partial charge in [0.25, 0.3) is 5.91 Å². The van der Waals surface area contributed by atoms with Gasteiger partial charge in [-0.1, -0.05) is 12.8 Å². The topological polar surface area (TPSA) is 97.8 Å². The molecule has 2 aliphatic heterocycles. The number of fused-ring (bicyclic) bond motifs is 1. The Kier molecular flexibility index (Phi) is 6.35. The predicted molar refractivity (Wildman–Crippen MR) is 128 cm³/mol. The summed E-state index contributed by atoms with van der Waals surface area (Å²) in [7, 11) is 0. The number of carbonyl (C=O) groups is 1. The predicted octanol–water partition coefficient (Wildman–Crippen LogP) is 3.70. The van der Waals surface area contributed by atoms with Crippen molar-refractivity contribution in [3.05, 3.63) is 58.4 Å². The number of benzene rings is 1. The number of anilines is 1. The molecule has 0 unspecified atom stereocenters. The lowest BCUT2D eigenvalue weighted by Gasteiger charge is -2.29. The first-order chi connectivity index (χ1) is 17.3. The van der Waals surface area contributed by atoms with E-state index in [2.05, 4.69) is 6.07 Å². The van der Waals surface area contributed by atoms with E-state index in [4.69, 9.17) is 10.1 Å². The molecule has 0 bridgehead atoms. The molecule has 188 valence electrons. The molecule has 5 rings (SSSR count). The smallest absolute Gasteiger partial charge is 0.254 e. The minimum Gasteiger partial charge on any atom is -0.390 e. The number of nitriles is 1. The number of hydrogen-bond acceptors (Lipinski definition) is 6. The van der Waals surface area contributed by atoms with Crippen LogP contribution in [0.5, 0.6) is 0 Å². The van der Waals surface area contributed by atoms with Gasteiger partial charge in [-0.25, -0.2) is 18.3 Å². The molecule has 4 heterocycles. The van der Waals surface area contributed by atoms with Gasteiger partial charge in [-0.2, -0.15) is 10.4 Å². The molecule has 10 heteroatoms. The number of halogens is 2. The monoisotopic (exact) mass is 494 g/mol. The zero-order chi connectivity index (χ0) is 25.6. The van der Waals surface area contributed by atoms with Crippen LogP contribution in [0.4, 0.5) is 14.6 Å². The highest BCUT2D eigenvalue weighted by molar-refractivity contribution is 5.96. The van der Waals surface area contributed by atoms with Gasteiger partial charge < -0.3 is 14.9 Å². The lowest BCUT2D eigenvalue weighted by atomic mass is 10.0. The molecular formula is C26H28F2N6O2. The Morgan fingerprint density at radius 3 is 2.64 bits per heavy atom. The van der Waals surface area contributed by atoms with E-state index >= 15 is 0 Å². The van der Waals surface area contributed by atoms with Crippen molar-refractivity contribution in [3.63, 3.8) is 0 Å². The Morgan fingerprint density at radius 1 is 1.11 bits per heavy atom. The van der Waals surface area contributed by atoms with Gasteiger partial charge in [-0.3, -0.25) is 4.79 Å². The Hall–Kier alpha value is -3.58. The summed E-state index contributed by atoms with van der Waals surface area (Å²) in [6.07, 6.45) is 4.53. The first-order valence-corrected chi connectivity index (χ1v) is 12.2. The standard InChI is InChI=1S/C26H28F2N6O2/c1-15-8-19(27)20(28)9-18(15)26(36)33-7-5-3-4-6-22(33)21-10-24-30-25(16(2)12-34(24)31-21)32-13-17(11-29)23(35)14-32/h8-10,12,17,22-23,35H,3-7,13-14H2,1-2H3/t17-,22+,23+/m1/s1. The lowest BCUT2D eigenvalue weighted by molar-refractivity contribution is 0.0675. The molecule has 2 aromatic heterocycles. The van der Waals surface area contributed by atoms with E-state index in [-0.39, 0.29) is 17.5 Å². The van der Waals surface area contributed by atoms with Gasteiger partial charge in [-0.15, -0.1) is 0 Å². The SMILES string of the molecule is Cc1cc(F)c(F)cc1C(=O)N1CCCCC[C@H]1c1cc2nc(N3C[C@@H](C#N)[C@@H](O)C3)c(C)cn2n1. The summed E-state index contributed by atoms with van der Waals surface area (Å²) in [5, 5.41) is 24.2. The maximum atomic E-state index is 14.0. The minimum absolute atomic E-state index is 0.153. The van der Waals surface area contributed by atoms with Crippen molar-refractivity contribution in [3.8, 4) is 6.07 Å². The van der Waals surface area contributed by atoms with E-state index in [9.17, 15) is 23.9 Å². The van der Waals surface area contributed by atoms with E-state index in [0.29, 0.717) is 48.8 Å². The van der Waals surface area contributed by atoms with E-state index < -0.39 is 23.7 Å². The first-order valence-electron chi connectivity index (χ1n) is 12.2. The fourth-order valence-electron chi connectivity index (χ4n) is 5.28. The van der Waals surface area contributed by atoms with Crippen molar-refractivity contribution in [1.29, 1.82) is 5.26 Å². The van der Waals surface area contributed by atoms with Crippen LogP contribution in [0.2, 0.25) is 0 Å². The van der Waals surface area contributed by atoms with Crippen molar-refractivity contribution in [1.82, 2.24) is 19.5 Å². The molecule has 3 atom stereocenters. The molecule has 2 fully saturated rings. The van der Waals surface area contributed by atoms with Crippen LogP contribution in [0.15, 0.2) is 24.4 Å². The van der Waals surface area contributed by atoms with Crippen molar-refractivity contribution < 1.29 is 18.7 Å². The molecule has 0 radical (unpaired) electrons. The van der Waals surface area contributed by atoms with Gasteiger partial charge in [0.15, 0.2) is 17.3 Å². The second-order valence-corrected chi connectivity index (χ2v) is 9.77. The number of β-amino-alcohol motifs (C(OH)–C–C–N with tert-alkyl or cyclic N) is 1. The third-order valence-corrected chi connectivity index (χ3v) is 7.23. The van der Waals surface area contributed by atoms with Crippen LogP contribution < -0.4 is 4.90 Å². The Morgan fingerprint density at radius 2 is 1.89 bits per heavy atom. The van der Waals surface area contributed by atoms with E-state index in [0.717, 1.165) is 37.0 Å². The van der Waals surface area contributed by atoms with Crippen LogP contribution in [-0.4, -0.2) is 56.2 Å². The fraction of sp³-hybridized carbons (Fsp3) is 0.462. The highest BCUT2D eigenvalue weighted by Gasteiger charge is 2.34. The number of aliphatic hydroxyl groups excluding tert-OH is 1. The second kappa shape index (κ2) is 9.47. The summed E-state index contributed by atoms with van der Waals surface area (Å²) in [5.41, 5.74) is 2.68. The zero-order valence-corrected chi connectivity index (χ0v) is 20.3. The van der Waals surface area contributed by atoms with Gasteiger partial charge in [0.1, 0.15) is 5.82 Å². The van der Waals surface area contributed by atoms with Crippen molar-refractivity contribution in [2.75, 3.05) is 24.5 Å². The third-order valence-electron chi connectivity index (χ3n) is 7.23. The lowest BCUT2D eigenvalue weighted by Crippen LogP contribution is -2.35. The van der Waals surface area contributed by atoms with Gasteiger partial charge in [-0.05, 0) is 44.4 Å². The second-order valence-electron chi connectivity index (χ2n) is 9.77. The molecule has 8 nitrogen and oxygen atoms in total. The van der Waals surface area contributed by atoms with Crippen LogP contribution in [0.1, 0.15) is 58.9 Å². The normalized spacial score (nSPS) is 22.6. The van der Waals surface area contributed by atoms with Gasteiger partial charge in [0.05, 0.1) is 29.8 Å². The Bertz CT molecular complexity index is 1370. The molecule has 0 saturated carbocycles. The Balaban J connectivity index is 1.49. The summed E-state index contributed by atoms with van der Waals surface area (Å²) in [5.74, 6) is -2.12. The van der Waals surface area contributed by atoms with E-state index in [1.807, 2.05) is 24.1 Å². The molecule has 1 amide bonds. The number of likely N-dealkylation sites (tertiary alicyclic amines) is 1. The quantitative estimate of drug-likeness (QED) is 0.596. The molecule has 2 saturated heterocycles. The number of nitrogens with zero attached hydrogens (tertiary/aromatic N) is 6. The summed E-state index contributed by atoms with van der Waals surface area (Å²) >= 11 is 0. The number of carbonyl (C=O) groups excluding carboxylic acids is 1. The van der Waals surface area contributed by atoms with Crippen molar-refractivity contribution >= 4 is 17.4 Å². The highest BCUT2D eigenvalue weighted by Crippen LogP contribution is 2.33. The zero-order valence-electron chi connectivity index (χ0n) is 20.3. The molecular weight excluding hydrogens is 466 g/mol.